The van der Waals surface area contributed by atoms with Gasteiger partial charge in [-0.3, -0.25) is 14.9 Å². The molecule has 1 aliphatic heterocycles. The van der Waals surface area contributed by atoms with Crippen LogP contribution in [0.5, 0.6) is 0 Å². The van der Waals surface area contributed by atoms with E-state index < -0.39 is 11.8 Å². The first-order chi connectivity index (χ1) is 8.52. The highest BCUT2D eigenvalue weighted by Gasteiger charge is 2.26. The van der Waals surface area contributed by atoms with E-state index in [1.54, 1.807) is 13.8 Å². The summed E-state index contributed by atoms with van der Waals surface area (Å²) in [6, 6.07) is 2.04. The summed E-state index contributed by atoms with van der Waals surface area (Å²) in [5.74, 6) is -0.533. The summed E-state index contributed by atoms with van der Waals surface area (Å²) in [5.41, 5.74) is 1.72. The van der Waals surface area contributed by atoms with Crippen LogP contribution in [0.15, 0.2) is 0 Å². The third kappa shape index (κ3) is 2.00. The lowest BCUT2D eigenvalue weighted by atomic mass is 10.1. The first-order valence-corrected chi connectivity index (χ1v) is 5.34. The zero-order valence-corrected chi connectivity index (χ0v) is 10.0. The van der Waals surface area contributed by atoms with Crippen molar-refractivity contribution in [2.24, 2.45) is 0 Å². The van der Waals surface area contributed by atoms with Crippen LogP contribution in [-0.2, 0) is 9.59 Å². The SMILES string of the molecule is Cc1nnc(N2CC(=O)NC(=O)C2)c(C#N)c1C. The predicted octanol–water partition coefficient (Wildman–Crippen LogP) is -0.572. The van der Waals surface area contributed by atoms with Crippen molar-refractivity contribution in [1.29, 1.82) is 5.26 Å². The lowest BCUT2D eigenvalue weighted by Gasteiger charge is -2.27. The van der Waals surface area contributed by atoms with Crippen LogP contribution in [0.1, 0.15) is 16.8 Å². The van der Waals surface area contributed by atoms with E-state index >= 15 is 0 Å². The van der Waals surface area contributed by atoms with Gasteiger partial charge in [-0.1, -0.05) is 0 Å². The van der Waals surface area contributed by atoms with Crippen LogP contribution < -0.4 is 10.2 Å². The summed E-state index contributed by atoms with van der Waals surface area (Å²) < 4.78 is 0. The Morgan fingerprint density at radius 1 is 1.22 bits per heavy atom. The number of aromatic nitrogens is 2. The molecule has 7 nitrogen and oxygen atoms in total. The minimum atomic E-state index is -0.407. The van der Waals surface area contributed by atoms with Crippen molar-refractivity contribution < 1.29 is 9.59 Å². The van der Waals surface area contributed by atoms with Gasteiger partial charge in [-0.2, -0.15) is 10.4 Å². The summed E-state index contributed by atoms with van der Waals surface area (Å²) in [5, 5.41) is 19.2. The van der Waals surface area contributed by atoms with E-state index in [9.17, 15) is 9.59 Å². The number of amides is 2. The van der Waals surface area contributed by atoms with Gasteiger partial charge < -0.3 is 4.90 Å². The maximum atomic E-state index is 11.3. The fraction of sp³-hybridized carbons (Fsp3) is 0.364. The molecule has 0 aromatic carbocycles. The second-order valence-corrected chi connectivity index (χ2v) is 4.05. The highest BCUT2D eigenvalue weighted by molar-refractivity contribution is 6.02. The number of aryl methyl sites for hydroxylation is 1. The number of imide groups is 1. The Balaban J connectivity index is 2.45. The molecule has 1 aromatic rings. The van der Waals surface area contributed by atoms with Crippen molar-refractivity contribution >= 4 is 17.6 Å². The van der Waals surface area contributed by atoms with Crippen molar-refractivity contribution in [3.8, 4) is 6.07 Å². The minimum Gasteiger partial charge on any atom is -0.335 e. The molecular weight excluding hydrogens is 234 g/mol. The third-order valence-corrected chi connectivity index (χ3v) is 2.80. The number of hydrogen-bond acceptors (Lipinski definition) is 6. The molecule has 0 atom stereocenters. The largest absolute Gasteiger partial charge is 0.335 e. The molecule has 0 radical (unpaired) electrons. The van der Waals surface area contributed by atoms with Gasteiger partial charge in [-0.25, -0.2) is 0 Å². The molecule has 0 aliphatic carbocycles. The molecule has 1 saturated heterocycles. The van der Waals surface area contributed by atoms with Crippen LogP contribution in [0.2, 0.25) is 0 Å². The lowest BCUT2D eigenvalue weighted by molar-refractivity contribution is -0.130. The summed E-state index contributed by atoms with van der Waals surface area (Å²) >= 11 is 0. The maximum absolute atomic E-state index is 11.3. The Hall–Kier alpha value is -2.49. The summed E-state index contributed by atoms with van der Waals surface area (Å²) in [4.78, 5) is 24.1. The van der Waals surface area contributed by atoms with Crippen molar-refractivity contribution in [3.05, 3.63) is 16.8 Å². The van der Waals surface area contributed by atoms with Crippen LogP contribution in [0.25, 0.3) is 0 Å². The van der Waals surface area contributed by atoms with Crippen molar-refractivity contribution in [2.75, 3.05) is 18.0 Å². The molecule has 0 unspecified atom stereocenters. The predicted molar refractivity (Wildman–Crippen MR) is 61.6 cm³/mol. The summed E-state index contributed by atoms with van der Waals surface area (Å²) in [7, 11) is 0. The Morgan fingerprint density at radius 2 is 1.83 bits per heavy atom. The van der Waals surface area contributed by atoms with Crippen LogP contribution in [0.3, 0.4) is 0 Å². The molecule has 18 heavy (non-hydrogen) atoms. The molecule has 0 bridgehead atoms. The zero-order chi connectivity index (χ0) is 13.3. The third-order valence-electron chi connectivity index (χ3n) is 2.80. The standard InChI is InChI=1S/C11H11N5O2/c1-6-7(2)14-15-11(8(6)3-12)16-4-9(17)13-10(18)5-16/h4-5H2,1-2H3,(H,13,17,18). The normalized spacial score (nSPS) is 15.3. The topological polar surface area (TPSA) is 99.0 Å². The molecule has 2 rings (SSSR count). The second-order valence-electron chi connectivity index (χ2n) is 4.05. The molecule has 7 heteroatoms. The van der Waals surface area contributed by atoms with Gasteiger partial charge in [0.2, 0.25) is 11.8 Å². The van der Waals surface area contributed by atoms with Gasteiger partial charge in [0.15, 0.2) is 5.82 Å². The number of piperazine rings is 1. The molecule has 1 N–H and O–H groups in total. The van der Waals surface area contributed by atoms with E-state index in [0.717, 1.165) is 0 Å². The summed E-state index contributed by atoms with van der Waals surface area (Å²) in [6.07, 6.45) is 0. The van der Waals surface area contributed by atoms with Crippen LogP contribution in [-0.4, -0.2) is 35.1 Å². The average molecular weight is 245 g/mol. The average Bonchev–Trinajstić information content (AvgIpc) is 2.31. The number of nitrogens with zero attached hydrogens (tertiary/aromatic N) is 4. The fourth-order valence-corrected chi connectivity index (χ4v) is 1.74. The van der Waals surface area contributed by atoms with Gasteiger partial charge in [0.1, 0.15) is 11.6 Å². The van der Waals surface area contributed by atoms with Crippen molar-refractivity contribution in [3.63, 3.8) is 0 Å². The maximum Gasteiger partial charge on any atom is 0.246 e. The molecule has 1 aliphatic rings. The number of carbonyl (C=O) groups excluding carboxylic acids is 2. The monoisotopic (exact) mass is 245 g/mol. The van der Waals surface area contributed by atoms with Gasteiger partial charge in [-0.15, -0.1) is 5.10 Å². The molecule has 0 spiro atoms. The molecule has 92 valence electrons. The van der Waals surface area contributed by atoms with Gasteiger partial charge >= 0.3 is 0 Å². The van der Waals surface area contributed by atoms with E-state index in [0.29, 0.717) is 16.8 Å². The Labute approximate surface area is 103 Å². The van der Waals surface area contributed by atoms with Crippen LogP contribution in [0, 0.1) is 25.2 Å². The highest BCUT2D eigenvalue weighted by Crippen LogP contribution is 2.21. The van der Waals surface area contributed by atoms with Gasteiger partial charge in [0.25, 0.3) is 0 Å². The number of anilines is 1. The molecule has 2 heterocycles. The van der Waals surface area contributed by atoms with Crippen molar-refractivity contribution in [1.82, 2.24) is 15.5 Å². The molecule has 1 aromatic heterocycles. The Bertz CT molecular complexity index is 560. The van der Waals surface area contributed by atoms with E-state index in [2.05, 4.69) is 15.5 Å². The minimum absolute atomic E-state index is 0.00238. The zero-order valence-electron chi connectivity index (χ0n) is 10.0. The molecular formula is C11H11N5O2. The Morgan fingerprint density at radius 3 is 2.39 bits per heavy atom. The quantitative estimate of drug-likeness (QED) is 0.665. The number of rotatable bonds is 1. The number of nitriles is 1. The summed E-state index contributed by atoms with van der Waals surface area (Å²) in [6.45, 7) is 3.51. The second kappa shape index (κ2) is 4.41. The Kier molecular flexibility index (Phi) is 2.93. The van der Waals surface area contributed by atoms with Gasteiger partial charge in [0.05, 0.1) is 18.8 Å². The highest BCUT2D eigenvalue weighted by atomic mass is 16.2. The number of carbonyl (C=O) groups is 2. The first-order valence-electron chi connectivity index (χ1n) is 5.34. The number of hydrogen-bond donors (Lipinski definition) is 1. The van der Waals surface area contributed by atoms with E-state index in [1.165, 1.54) is 4.90 Å². The van der Waals surface area contributed by atoms with Crippen LogP contribution >= 0.6 is 0 Å². The molecule has 1 fully saturated rings. The van der Waals surface area contributed by atoms with Crippen LogP contribution in [0.4, 0.5) is 5.82 Å². The smallest absolute Gasteiger partial charge is 0.246 e. The first kappa shape index (κ1) is 12.0. The van der Waals surface area contributed by atoms with E-state index in [4.69, 9.17) is 5.26 Å². The lowest BCUT2D eigenvalue weighted by Crippen LogP contribution is -2.52. The molecule has 0 saturated carbocycles. The molecule has 2 amide bonds. The van der Waals surface area contributed by atoms with E-state index in [-0.39, 0.29) is 18.9 Å². The van der Waals surface area contributed by atoms with E-state index in [1.807, 2.05) is 6.07 Å². The number of nitrogens with one attached hydrogen (secondary N) is 1. The van der Waals surface area contributed by atoms with Gasteiger partial charge in [-0.05, 0) is 19.4 Å². The fourth-order valence-electron chi connectivity index (χ4n) is 1.74. The van der Waals surface area contributed by atoms with Crippen molar-refractivity contribution in [2.45, 2.75) is 13.8 Å². The van der Waals surface area contributed by atoms with Gasteiger partial charge in [0, 0.05) is 0 Å².